The highest BCUT2D eigenvalue weighted by Crippen LogP contribution is 2.31. The van der Waals surface area contributed by atoms with Crippen LogP contribution in [-0.4, -0.2) is 11.2 Å². The van der Waals surface area contributed by atoms with Gasteiger partial charge in [0, 0.05) is 18.8 Å². The second-order valence-electron chi connectivity index (χ2n) is 3.25. The highest BCUT2D eigenvalue weighted by atomic mass is 19.4. The molecule has 0 fully saturated rings. The van der Waals surface area contributed by atoms with Gasteiger partial charge in [-0.05, 0) is 11.6 Å². The minimum atomic E-state index is -4.36. The number of nitrogens with zero attached hydrogens (tertiary/aromatic N) is 2. The van der Waals surface area contributed by atoms with Crippen LogP contribution in [-0.2, 0) is 12.6 Å². The topological polar surface area (TPSA) is 51.3 Å². The molecule has 0 saturated heterocycles. The first-order chi connectivity index (χ1) is 6.98. The van der Waals surface area contributed by atoms with Crippen molar-refractivity contribution in [1.82, 2.24) is 4.98 Å². The lowest BCUT2D eigenvalue weighted by Crippen LogP contribution is -2.18. The summed E-state index contributed by atoms with van der Waals surface area (Å²) in [5, 5.41) is 0. The Balaban J connectivity index is 2.45. The van der Waals surface area contributed by atoms with Gasteiger partial charge < -0.3 is 5.73 Å². The van der Waals surface area contributed by atoms with Crippen molar-refractivity contribution in [2.24, 2.45) is 10.7 Å². The van der Waals surface area contributed by atoms with Crippen LogP contribution in [0.25, 0.3) is 0 Å². The molecule has 0 unspecified atom stereocenters. The van der Waals surface area contributed by atoms with Crippen molar-refractivity contribution in [2.45, 2.75) is 18.8 Å². The van der Waals surface area contributed by atoms with Crippen molar-refractivity contribution in [3.05, 3.63) is 29.1 Å². The number of rotatable bonds is 0. The normalized spacial score (nSPS) is 20.1. The molecule has 1 aromatic heterocycles. The van der Waals surface area contributed by atoms with E-state index in [1.165, 1.54) is 6.21 Å². The summed E-state index contributed by atoms with van der Waals surface area (Å²) >= 11 is 0. The van der Waals surface area contributed by atoms with Crippen LogP contribution in [0.5, 0.6) is 0 Å². The molecule has 1 atom stereocenters. The molecule has 2 rings (SSSR count). The largest absolute Gasteiger partial charge is 0.417 e. The lowest BCUT2D eigenvalue weighted by atomic mass is 10.0. The van der Waals surface area contributed by atoms with Crippen molar-refractivity contribution in [2.75, 3.05) is 0 Å². The third kappa shape index (κ3) is 1.85. The first-order valence-electron chi connectivity index (χ1n) is 4.31. The standard InChI is InChI=1S/C9H8F3N3/c10-9(11,12)6-3-5-1-2-14-8(13)7(5)15-4-6/h2-4,8H,1,13H2/t8-/m1/s1. The fourth-order valence-electron chi connectivity index (χ4n) is 1.44. The zero-order valence-electron chi connectivity index (χ0n) is 7.62. The van der Waals surface area contributed by atoms with E-state index in [0.29, 0.717) is 17.7 Å². The highest BCUT2D eigenvalue weighted by Gasteiger charge is 2.32. The molecular formula is C9H8F3N3. The van der Waals surface area contributed by atoms with Gasteiger partial charge >= 0.3 is 6.18 Å². The summed E-state index contributed by atoms with van der Waals surface area (Å²) in [5.41, 5.74) is 5.73. The molecule has 2 heterocycles. The van der Waals surface area contributed by atoms with Gasteiger partial charge in [0.1, 0.15) is 6.17 Å². The molecule has 0 amide bonds. The van der Waals surface area contributed by atoms with Gasteiger partial charge in [-0.25, -0.2) is 0 Å². The van der Waals surface area contributed by atoms with Crippen LogP contribution in [0.15, 0.2) is 17.3 Å². The Kier molecular flexibility index (Phi) is 2.22. The molecule has 1 aromatic rings. The van der Waals surface area contributed by atoms with Gasteiger partial charge in [0.05, 0.1) is 11.3 Å². The van der Waals surface area contributed by atoms with Crippen LogP contribution >= 0.6 is 0 Å². The van der Waals surface area contributed by atoms with E-state index in [0.717, 1.165) is 12.3 Å². The first-order valence-corrected chi connectivity index (χ1v) is 4.31. The molecule has 2 N–H and O–H groups in total. The number of halogens is 3. The van der Waals surface area contributed by atoms with E-state index in [9.17, 15) is 13.2 Å². The molecule has 0 aliphatic carbocycles. The quantitative estimate of drug-likeness (QED) is 0.715. The Bertz CT molecular complexity index is 412. The minimum Gasteiger partial charge on any atom is -0.305 e. The Labute approximate surface area is 83.8 Å². The van der Waals surface area contributed by atoms with Gasteiger partial charge in [-0.3, -0.25) is 9.98 Å². The molecular weight excluding hydrogens is 207 g/mol. The van der Waals surface area contributed by atoms with Crippen molar-refractivity contribution in [3.63, 3.8) is 0 Å². The molecule has 0 bridgehead atoms. The van der Waals surface area contributed by atoms with Gasteiger partial charge in [0.2, 0.25) is 0 Å². The van der Waals surface area contributed by atoms with Gasteiger partial charge in [0.25, 0.3) is 0 Å². The summed E-state index contributed by atoms with van der Waals surface area (Å²) in [6.45, 7) is 0. The summed E-state index contributed by atoms with van der Waals surface area (Å²) in [6.07, 6.45) is -2.36. The maximum Gasteiger partial charge on any atom is 0.417 e. The van der Waals surface area contributed by atoms with Crippen molar-refractivity contribution < 1.29 is 13.2 Å². The summed E-state index contributed by atoms with van der Waals surface area (Å²) in [7, 11) is 0. The summed E-state index contributed by atoms with van der Waals surface area (Å²) in [4.78, 5) is 7.58. The number of alkyl halides is 3. The van der Waals surface area contributed by atoms with Crippen LogP contribution in [0.1, 0.15) is 23.0 Å². The number of aromatic nitrogens is 1. The van der Waals surface area contributed by atoms with Crippen LogP contribution in [0, 0.1) is 0 Å². The summed E-state index contributed by atoms with van der Waals surface area (Å²) < 4.78 is 37.1. The fourth-order valence-corrected chi connectivity index (χ4v) is 1.44. The highest BCUT2D eigenvalue weighted by molar-refractivity contribution is 5.65. The number of nitrogens with two attached hydrogens (primary N) is 1. The predicted octanol–water partition coefficient (Wildman–Crippen LogP) is 1.68. The van der Waals surface area contributed by atoms with Crippen molar-refractivity contribution in [1.29, 1.82) is 0 Å². The monoisotopic (exact) mass is 215 g/mol. The van der Waals surface area contributed by atoms with Crippen molar-refractivity contribution in [3.8, 4) is 0 Å². The third-order valence-corrected chi connectivity index (χ3v) is 2.19. The minimum absolute atomic E-state index is 0.347. The number of aliphatic imine (C=N–C) groups is 1. The maximum absolute atomic E-state index is 12.4. The maximum atomic E-state index is 12.4. The van der Waals surface area contributed by atoms with Gasteiger partial charge in [-0.2, -0.15) is 13.2 Å². The van der Waals surface area contributed by atoms with E-state index in [4.69, 9.17) is 5.73 Å². The van der Waals surface area contributed by atoms with Crippen LogP contribution in [0.4, 0.5) is 13.2 Å². The second kappa shape index (κ2) is 3.30. The number of hydrogen-bond donors (Lipinski definition) is 1. The van der Waals surface area contributed by atoms with E-state index in [2.05, 4.69) is 9.98 Å². The van der Waals surface area contributed by atoms with E-state index >= 15 is 0 Å². The molecule has 80 valence electrons. The Morgan fingerprint density at radius 2 is 2.13 bits per heavy atom. The smallest absolute Gasteiger partial charge is 0.305 e. The number of fused-ring (bicyclic) bond motifs is 1. The molecule has 6 heteroatoms. The van der Waals surface area contributed by atoms with Gasteiger partial charge in [0.15, 0.2) is 0 Å². The van der Waals surface area contributed by atoms with E-state index in [1.807, 2.05) is 0 Å². The van der Waals surface area contributed by atoms with Crippen LogP contribution < -0.4 is 5.73 Å². The molecule has 0 spiro atoms. The molecule has 0 radical (unpaired) electrons. The molecule has 15 heavy (non-hydrogen) atoms. The molecule has 1 aliphatic heterocycles. The van der Waals surface area contributed by atoms with E-state index in [1.54, 1.807) is 0 Å². The predicted molar refractivity (Wildman–Crippen MR) is 48.4 cm³/mol. The lowest BCUT2D eigenvalue weighted by molar-refractivity contribution is -0.137. The lowest BCUT2D eigenvalue weighted by Gasteiger charge is -2.17. The first kappa shape index (κ1) is 10.1. The van der Waals surface area contributed by atoms with E-state index in [-0.39, 0.29) is 0 Å². The molecule has 0 saturated carbocycles. The Hall–Kier alpha value is -1.43. The average Bonchev–Trinajstić information content (AvgIpc) is 2.16. The SMILES string of the molecule is N[C@@H]1N=CCc2cc(C(F)(F)F)cnc21. The molecule has 3 nitrogen and oxygen atoms in total. The fraction of sp³-hybridized carbons (Fsp3) is 0.333. The second-order valence-corrected chi connectivity index (χ2v) is 3.25. The molecule has 0 aromatic carbocycles. The van der Waals surface area contributed by atoms with Gasteiger partial charge in [-0.15, -0.1) is 0 Å². The van der Waals surface area contributed by atoms with Crippen molar-refractivity contribution >= 4 is 6.21 Å². The zero-order chi connectivity index (χ0) is 11.1. The number of hydrogen-bond acceptors (Lipinski definition) is 3. The van der Waals surface area contributed by atoms with Gasteiger partial charge in [-0.1, -0.05) is 0 Å². The zero-order valence-corrected chi connectivity index (χ0v) is 7.62. The summed E-state index contributed by atoms with van der Waals surface area (Å²) in [6, 6.07) is 1.08. The average molecular weight is 215 g/mol. The number of pyridine rings is 1. The van der Waals surface area contributed by atoms with E-state index < -0.39 is 17.9 Å². The van der Waals surface area contributed by atoms with Crippen LogP contribution in [0.2, 0.25) is 0 Å². The molecule has 1 aliphatic rings. The Morgan fingerprint density at radius 1 is 1.40 bits per heavy atom. The summed E-state index contributed by atoms with van der Waals surface area (Å²) in [5.74, 6) is 0. The third-order valence-electron chi connectivity index (χ3n) is 2.19. The van der Waals surface area contributed by atoms with Crippen LogP contribution in [0.3, 0.4) is 0 Å². The Morgan fingerprint density at radius 3 is 2.80 bits per heavy atom.